The summed E-state index contributed by atoms with van der Waals surface area (Å²) in [5.41, 5.74) is 1.49. The monoisotopic (exact) mass is 266 g/mol. The van der Waals surface area contributed by atoms with Crippen LogP contribution in [0.2, 0.25) is 5.02 Å². The molecule has 0 atom stereocenters. The molecule has 2 N–H and O–H groups in total. The van der Waals surface area contributed by atoms with Gasteiger partial charge in [-0.25, -0.2) is 0 Å². The third-order valence-electron chi connectivity index (χ3n) is 3.04. The third-order valence-corrected chi connectivity index (χ3v) is 3.28. The van der Waals surface area contributed by atoms with E-state index < -0.39 is 0 Å². The van der Waals surface area contributed by atoms with Crippen LogP contribution in [0.5, 0.6) is 0 Å². The van der Waals surface area contributed by atoms with Crippen molar-refractivity contribution in [1.29, 1.82) is 0 Å². The predicted molar refractivity (Wildman–Crippen MR) is 75.3 cm³/mol. The summed E-state index contributed by atoms with van der Waals surface area (Å²) >= 11 is 5.96. The summed E-state index contributed by atoms with van der Waals surface area (Å²) in [5, 5.41) is 6.81. The number of rotatable bonds is 6. The molecule has 3 nitrogen and oxygen atoms in total. The highest BCUT2D eigenvalue weighted by atomic mass is 35.5. The maximum atomic E-state index is 12.1. The summed E-state index contributed by atoms with van der Waals surface area (Å²) < 4.78 is 0. The highest BCUT2D eigenvalue weighted by molar-refractivity contribution is 6.31. The SMILES string of the molecule is CCCNc1ccc(Cl)cc1C(=O)NCC1CC1. The molecule has 0 bridgehead atoms. The normalized spacial score (nSPS) is 14.3. The zero-order chi connectivity index (χ0) is 13.0. The molecule has 0 aliphatic heterocycles. The van der Waals surface area contributed by atoms with E-state index in [1.807, 2.05) is 6.07 Å². The van der Waals surface area contributed by atoms with Gasteiger partial charge < -0.3 is 10.6 Å². The number of nitrogens with one attached hydrogen (secondary N) is 2. The fraction of sp³-hybridized carbons (Fsp3) is 0.500. The topological polar surface area (TPSA) is 41.1 Å². The average molecular weight is 267 g/mol. The number of benzene rings is 1. The van der Waals surface area contributed by atoms with Gasteiger partial charge in [0.05, 0.1) is 5.56 Å². The van der Waals surface area contributed by atoms with E-state index in [2.05, 4.69) is 17.6 Å². The molecule has 1 amide bonds. The van der Waals surface area contributed by atoms with Crippen molar-refractivity contribution in [3.8, 4) is 0 Å². The first-order valence-corrected chi connectivity index (χ1v) is 6.90. The Morgan fingerprint density at radius 3 is 2.89 bits per heavy atom. The van der Waals surface area contributed by atoms with E-state index in [4.69, 9.17) is 11.6 Å². The molecule has 1 aromatic carbocycles. The average Bonchev–Trinajstić information content (AvgIpc) is 3.18. The molecule has 1 fully saturated rings. The van der Waals surface area contributed by atoms with E-state index in [9.17, 15) is 4.79 Å². The maximum Gasteiger partial charge on any atom is 0.253 e. The Hall–Kier alpha value is -1.22. The van der Waals surface area contributed by atoms with Gasteiger partial charge in [0.2, 0.25) is 0 Å². The molecule has 1 aromatic rings. The van der Waals surface area contributed by atoms with Crippen molar-refractivity contribution >= 4 is 23.2 Å². The first-order chi connectivity index (χ1) is 8.70. The van der Waals surface area contributed by atoms with Crippen LogP contribution in [0.4, 0.5) is 5.69 Å². The van der Waals surface area contributed by atoms with Crippen LogP contribution < -0.4 is 10.6 Å². The van der Waals surface area contributed by atoms with Crippen LogP contribution in [0, 0.1) is 5.92 Å². The summed E-state index contributed by atoms with van der Waals surface area (Å²) in [6.07, 6.45) is 3.49. The van der Waals surface area contributed by atoms with Crippen molar-refractivity contribution in [1.82, 2.24) is 5.32 Å². The molecule has 1 aliphatic carbocycles. The lowest BCUT2D eigenvalue weighted by Gasteiger charge is -2.12. The lowest BCUT2D eigenvalue weighted by Crippen LogP contribution is -2.26. The second-order valence-electron chi connectivity index (χ2n) is 4.77. The van der Waals surface area contributed by atoms with Crippen LogP contribution in [-0.2, 0) is 0 Å². The minimum absolute atomic E-state index is 0.0389. The number of halogens is 1. The van der Waals surface area contributed by atoms with E-state index in [1.165, 1.54) is 12.8 Å². The third kappa shape index (κ3) is 3.64. The standard InChI is InChI=1S/C14H19ClN2O/c1-2-7-16-13-6-5-11(15)8-12(13)14(18)17-9-10-3-4-10/h5-6,8,10,16H,2-4,7,9H2,1H3,(H,17,18). The van der Waals surface area contributed by atoms with Crippen LogP contribution in [0.1, 0.15) is 36.5 Å². The molecule has 1 aliphatic rings. The zero-order valence-corrected chi connectivity index (χ0v) is 11.4. The zero-order valence-electron chi connectivity index (χ0n) is 10.6. The van der Waals surface area contributed by atoms with Crippen molar-refractivity contribution in [2.75, 3.05) is 18.4 Å². The molecule has 18 heavy (non-hydrogen) atoms. The van der Waals surface area contributed by atoms with Crippen molar-refractivity contribution in [3.05, 3.63) is 28.8 Å². The van der Waals surface area contributed by atoms with Crippen molar-refractivity contribution in [2.45, 2.75) is 26.2 Å². The first-order valence-electron chi connectivity index (χ1n) is 6.52. The highest BCUT2D eigenvalue weighted by Gasteiger charge is 2.22. The van der Waals surface area contributed by atoms with E-state index in [0.29, 0.717) is 16.5 Å². The van der Waals surface area contributed by atoms with Gasteiger partial charge in [-0.2, -0.15) is 0 Å². The number of anilines is 1. The van der Waals surface area contributed by atoms with Gasteiger partial charge in [-0.05, 0) is 43.4 Å². The Labute approximate surface area is 113 Å². The van der Waals surface area contributed by atoms with E-state index in [0.717, 1.165) is 25.2 Å². The summed E-state index contributed by atoms with van der Waals surface area (Å²) in [5.74, 6) is 0.642. The summed E-state index contributed by atoms with van der Waals surface area (Å²) in [6, 6.07) is 5.39. The molecular formula is C14H19ClN2O. The molecule has 1 saturated carbocycles. The molecule has 0 radical (unpaired) electrons. The Kier molecular flexibility index (Phi) is 4.48. The molecule has 0 heterocycles. The number of carbonyl (C=O) groups excluding carboxylic acids is 1. The van der Waals surface area contributed by atoms with Gasteiger partial charge in [0.15, 0.2) is 0 Å². The second kappa shape index (κ2) is 6.10. The minimum Gasteiger partial charge on any atom is -0.384 e. The van der Waals surface area contributed by atoms with Gasteiger partial charge in [0, 0.05) is 23.8 Å². The second-order valence-corrected chi connectivity index (χ2v) is 5.21. The fourth-order valence-corrected chi connectivity index (χ4v) is 1.94. The predicted octanol–water partition coefficient (Wildman–Crippen LogP) is 3.30. The summed E-state index contributed by atoms with van der Waals surface area (Å²) in [4.78, 5) is 12.1. The van der Waals surface area contributed by atoms with Gasteiger partial charge in [-0.15, -0.1) is 0 Å². The molecule has 98 valence electrons. The van der Waals surface area contributed by atoms with Crippen LogP contribution >= 0.6 is 11.6 Å². The molecule has 4 heteroatoms. The van der Waals surface area contributed by atoms with Gasteiger partial charge in [-0.1, -0.05) is 18.5 Å². The lowest BCUT2D eigenvalue weighted by atomic mass is 10.1. The van der Waals surface area contributed by atoms with E-state index in [1.54, 1.807) is 12.1 Å². The van der Waals surface area contributed by atoms with Gasteiger partial charge in [0.25, 0.3) is 5.91 Å². The largest absolute Gasteiger partial charge is 0.384 e. The lowest BCUT2D eigenvalue weighted by molar-refractivity contribution is 0.0952. The van der Waals surface area contributed by atoms with Crippen LogP contribution in [-0.4, -0.2) is 19.0 Å². The maximum absolute atomic E-state index is 12.1. The number of hydrogen-bond acceptors (Lipinski definition) is 2. The van der Waals surface area contributed by atoms with E-state index >= 15 is 0 Å². The fourth-order valence-electron chi connectivity index (χ4n) is 1.77. The highest BCUT2D eigenvalue weighted by Crippen LogP contribution is 2.28. The van der Waals surface area contributed by atoms with Gasteiger partial charge in [-0.3, -0.25) is 4.79 Å². The molecule has 0 unspecified atom stereocenters. The molecular weight excluding hydrogens is 248 g/mol. The Morgan fingerprint density at radius 2 is 2.22 bits per heavy atom. The Bertz CT molecular complexity index is 430. The Morgan fingerprint density at radius 1 is 1.44 bits per heavy atom. The smallest absolute Gasteiger partial charge is 0.253 e. The molecule has 0 spiro atoms. The van der Waals surface area contributed by atoms with Crippen molar-refractivity contribution in [3.63, 3.8) is 0 Å². The van der Waals surface area contributed by atoms with Crippen LogP contribution in [0.25, 0.3) is 0 Å². The van der Waals surface area contributed by atoms with Crippen molar-refractivity contribution in [2.24, 2.45) is 5.92 Å². The van der Waals surface area contributed by atoms with Crippen molar-refractivity contribution < 1.29 is 4.79 Å². The quantitative estimate of drug-likeness (QED) is 0.829. The molecule has 2 rings (SSSR count). The van der Waals surface area contributed by atoms with E-state index in [-0.39, 0.29) is 5.91 Å². The number of carbonyl (C=O) groups is 1. The molecule has 0 aromatic heterocycles. The van der Waals surface area contributed by atoms with Gasteiger partial charge in [0.1, 0.15) is 0 Å². The number of hydrogen-bond donors (Lipinski definition) is 2. The first kappa shape index (κ1) is 13.2. The minimum atomic E-state index is -0.0389. The van der Waals surface area contributed by atoms with Crippen LogP contribution in [0.3, 0.4) is 0 Å². The molecule has 0 saturated heterocycles. The number of amides is 1. The summed E-state index contributed by atoms with van der Waals surface area (Å²) in [6.45, 7) is 3.72. The summed E-state index contributed by atoms with van der Waals surface area (Å²) in [7, 11) is 0. The van der Waals surface area contributed by atoms with Crippen LogP contribution in [0.15, 0.2) is 18.2 Å². The van der Waals surface area contributed by atoms with Gasteiger partial charge >= 0.3 is 0 Å². The Balaban J connectivity index is 2.06.